The Morgan fingerprint density at radius 2 is 1.82 bits per heavy atom. The summed E-state index contributed by atoms with van der Waals surface area (Å²) in [6.07, 6.45) is 1.40. The van der Waals surface area contributed by atoms with Crippen LogP contribution in [0, 0.1) is 5.92 Å². The van der Waals surface area contributed by atoms with Crippen LogP contribution in [-0.4, -0.2) is 32.2 Å². The summed E-state index contributed by atoms with van der Waals surface area (Å²) in [4.78, 5) is 12.0. The first-order valence-corrected chi connectivity index (χ1v) is 7.64. The van der Waals surface area contributed by atoms with Crippen LogP contribution in [0.2, 0.25) is 0 Å². The Balaban J connectivity index is 2.61. The highest BCUT2D eigenvalue weighted by Crippen LogP contribution is 2.27. The second-order valence-corrected chi connectivity index (χ2v) is 6.04. The second kappa shape index (κ2) is 8.63. The molecule has 0 bridgehead atoms. The summed E-state index contributed by atoms with van der Waals surface area (Å²) in [5.41, 5.74) is 6.97. The van der Waals surface area contributed by atoms with Crippen molar-refractivity contribution in [2.24, 2.45) is 11.7 Å². The number of benzene rings is 1. The first-order valence-electron chi connectivity index (χ1n) is 7.64. The molecule has 0 radical (unpaired) electrons. The summed E-state index contributed by atoms with van der Waals surface area (Å²) < 4.78 is 10.5. The van der Waals surface area contributed by atoms with Gasteiger partial charge in [0.25, 0.3) is 0 Å². The van der Waals surface area contributed by atoms with Crippen LogP contribution in [0.1, 0.15) is 32.8 Å². The number of rotatable bonds is 8. The van der Waals surface area contributed by atoms with Crippen LogP contribution in [0.5, 0.6) is 11.5 Å². The first kappa shape index (κ1) is 18.3. The third kappa shape index (κ3) is 5.56. The Labute approximate surface area is 133 Å². The van der Waals surface area contributed by atoms with Gasteiger partial charge in [0.2, 0.25) is 5.91 Å². The largest absolute Gasteiger partial charge is 0.493 e. The monoisotopic (exact) mass is 308 g/mol. The van der Waals surface area contributed by atoms with Crippen molar-refractivity contribution in [2.75, 3.05) is 14.2 Å². The molecule has 3 N–H and O–H groups in total. The van der Waals surface area contributed by atoms with E-state index in [0.717, 1.165) is 5.56 Å². The van der Waals surface area contributed by atoms with Gasteiger partial charge in [0.1, 0.15) is 0 Å². The quantitative estimate of drug-likeness (QED) is 0.771. The molecule has 0 aliphatic carbocycles. The van der Waals surface area contributed by atoms with E-state index in [1.807, 2.05) is 25.1 Å². The van der Waals surface area contributed by atoms with Crippen molar-refractivity contribution in [1.29, 1.82) is 0 Å². The van der Waals surface area contributed by atoms with Crippen molar-refractivity contribution in [3.05, 3.63) is 23.8 Å². The van der Waals surface area contributed by atoms with Crippen LogP contribution in [0.3, 0.4) is 0 Å². The number of nitrogens with one attached hydrogen (secondary N) is 1. The molecule has 0 spiro atoms. The summed E-state index contributed by atoms with van der Waals surface area (Å²) in [6, 6.07) is 5.32. The van der Waals surface area contributed by atoms with E-state index < -0.39 is 6.04 Å². The topological polar surface area (TPSA) is 73.6 Å². The van der Waals surface area contributed by atoms with Crippen LogP contribution in [0.4, 0.5) is 0 Å². The predicted octanol–water partition coefficient (Wildman–Crippen LogP) is 2.12. The van der Waals surface area contributed by atoms with Gasteiger partial charge in [0.05, 0.1) is 20.3 Å². The van der Waals surface area contributed by atoms with Gasteiger partial charge in [-0.3, -0.25) is 4.79 Å². The summed E-state index contributed by atoms with van der Waals surface area (Å²) >= 11 is 0. The number of hydrogen-bond donors (Lipinski definition) is 2. The van der Waals surface area contributed by atoms with Crippen molar-refractivity contribution in [3.63, 3.8) is 0 Å². The minimum atomic E-state index is -0.451. The Bertz CT molecular complexity index is 489. The van der Waals surface area contributed by atoms with Gasteiger partial charge in [0, 0.05) is 6.04 Å². The van der Waals surface area contributed by atoms with Crippen LogP contribution < -0.4 is 20.5 Å². The maximum Gasteiger partial charge on any atom is 0.237 e. The lowest BCUT2D eigenvalue weighted by Gasteiger charge is -2.19. The number of ether oxygens (including phenoxy) is 2. The fourth-order valence-electron chi connectivity index (χ4n) is 2.38. The molecule has 1 aromatic rings. The van der Waals surface area contributed by atoms with Crippen molar-refractivity contribution in [1.82, 2.24) is 5.32 Å². The van der Waals surface area contributed by atoms with Crippen LogP contribution >= 0.6 is 0 Å². The molecule has 1 amide bonds. The zero-order chi connectivity index (χ0) is 16.7. The maximum atomic E-state index is 12.0. The molecule has 2 atom stereocenters. The maximum absolute atomic E-state index is 12.0. The minimum Gasteiger partial charge on any atom is -0.493 e. The number of carbonyl (C=O) groups excluding carboxylic acids is 1. The van der Waals surface area contributed by atoms with Gasteiger partial charge in [-0.15, -0.1) is 0 Å². The SMILES string of the molecule is COc1ccc(CC(C)NC(=O)[C@@H](N)CC(C)C)cc1OC. The number of hydrogen-bond acceptors (Lipinski definition) is 4. The standard InChI is InChI=1S/C17H28N2O3/c1-11(2)8-14(18)17(20)19-12(3)9-13-6-7-15(21-4)16(10-13)22-5/h6-7,10-12,14H,8-9,18H2,1-5H3,(H,19,20)/t12?,14-/m0/s1. The molecule has 1 unspecified atom stereocenters. The molecule has 0 saturated heterocycles. The van der Waals surface area contributed by atoms with E-state index in [-0.39, 0.29) is 11.9 Å². The fourth-order valence-corrected chi connectivity index (χ4v) is 2.38. The lowest BCUT2D eigenvalue weighted by atomic mass is 10.0. The molecule has 5 heteroatoms. The predicted molar refractivity (Wildman–Crippen MR) is 88.3 cm³/mol. The van der Waals surface area contributed by atoms with Gasteiger partial charge in [-0.1, -0.05) is 19.9 Å². The van der Waals surface area contributed by atoms with Gasteiger partial charge in [-0.25, -0.2) is 0 Å². The van der Waals surface area contributed by atoms with E-state index in [1.165, 1.54) is 0 Å². The zero-order valence-electron chi connectivity index (χ0n) is 14.2. The van der Waals surface area contributed by atoms with Crippen molar-refractivity contribution >= 4 is 5.91 Å². The molecule has 0 saturated carbocycles. The fraction of sp³-hybridized carbons (Fsp3) is 0.588. The van der Waals surface area contributed by atoms with Gasteiger partial charge < -0.3 is 20.5 Å². The average Bonchev–Trinajstić information content (AvgIpc) is 2.46. The Morgan fingerprint density at radius 3 is 2.36 bits per heavy atom. The highest BCUT2D eigenvalue weighted by molar-refractivity contribution is 5.81. The highest BCUT2D eigenvalue weighted by atomic mass is 16.5. The zero-order valence-corrected chi connectivity index (χ0v) is 14.2. The number of methoxy groups -OCH3 is 2. The van der Waals surface area contributed by atoms with E-state index in [1.54, 1.807) is 14.2 Å². The van der Waals surface area contributed by atoms with Gasteiger partial charge in [-0.2, -0.15) is 0 Å². The molecular weight excluding hydrogens is 280 g/mol. The molecule has 0 aliphatic heterocycles. The molecule has 1 rings (SSSR count). The van der Waals surface area contributed by atoms with Crippen LogP contribution in [0.15, 0.2) is 18.2 Å². The average molecular weight is 308 g/mol. The van der Waals surface area contributed by atoms with Gasteiger partial charge in [-0.05, 0) is 43.4 Å². The Kier molecular flexibility index (Phi) is 7.18. The molecule has 0 heterocycles. The van der Waals surface area contributed by atoms with E-state index in [4.69, 9.17) is 15.2 Å². The third-order valence-corrected chi connectivity index (χ3v) is 3.44. The van der Waals surface area contributed by atoms with Gasteiger partial charge in [0.15, 0.2) is 11.5 Å². The Hall–Kier alpha value is -1.75. The molecule has 0 aliphatic rings. The van der Waals surface area contributed by atoms with Crippen molar-refractivity contribution < 1.29 is 14.3 Å². The molecular formula is C17H28N2O3. The van der Waals surface area contributed by atoms with E-state index >= 15 is 0 Å². The third-order valence-electron chi connectivity index (χ3n) is 3.44. The highest BCUT2D eigenvalue weighted by Gasteiger charge is 2.17. The first-order chi connectivity index (χ1) is 10.4. The van der Waals surface area contributed by atoms with E-state index in [2.05, 4.69) is 19.2 Å². The minimum absolute atomic E-state index is 0.00353. The molecule has 5 nitrogen and oxygen atoms in total. The molecule has 0 fully saturated rings. The van der Waals surface area contributed by atoms with E-state index in [0.29, 0.717) is 30.3 Å². The van der Waals surface area contributed by atoms with Crippen molar-refractivity contribution in [3.8, 4) is 11.5 Å². The molecule has 1 aromatic carbocycles. The summed E-state index contributed by atoms with van der Waals surface area (Å²) in [6.45, 7) is 6.08. The molecule has 22 heavy (non-hydrogen) atoms. The summed E-state index contributed by atoms with van der Waals surface area (Å²) in [7, 11) is 3.22. The molecule has 124 valence electrons. The second-order valence-electron chi connectivity index (χ2n) is 6.04. The smallest absolute Gasteiger partial charge is 0.237 e. The van der Waals surface area contributed by atoms with E-state index in [9.17, 15) is 4.79 Å². The Morgan fingerprint density at radius 1 is 1.18 bits per heavy atom. The number of amides is 1. The summed E-state index contributed by atoms with van der Waals surface area (Å²) in [5.74, 6) is 1.69. The molecule has 0 aromatic heterocycles. The van der Waals surface area contributed by atoms with Crippen LogP contribution in [0.25, 0.3) is 0 Å². The normalized spacial score (nSPS) is 13.6. The lowest BCUT2D eigenvalue weighted by Crippen LogP contribution is -2.45. The summed E-state index contributed by atoms with van der Waals surface area (Å²) in [5, 5.41) is 2.96. The van der Waals surface area contributed by atoms with Gasteiger partial charge >= 0.3 is 0 Å². The number of nitrogens with two attached hydrogens (primary N) is 1. The van der Waals surface area contributed by atoms with Crippen LogP contribution in [-0.2, 0) is 11.2 Å². The van der Waals surface area contributed by atoms with Crippen molar-refractivity contribution in [2.45, 2.75) is 45.7 Å². The number of carbonyl (C=O) groups is 1. The lowest BCUT2D eigenvalue weighted by molar-refractivity contribution is -0.123.